The highest BCUT2D eigenvalue weighted by Gasteiger charge is 2.15. The number of nitrogens with zero attached hydrogens (tertiary/aromatic N) is 4. The lowest BCUT2D eigenvalue weighted by atomic mass is 10.1. The second-order valence-corrected chi connectivity index (χ2v) is 6.60. The van der Waals surface area contributed by atoms with Gasteiger partial charge in [0.1, 0.15) is 6.54 Å². The molecule has 0 atom stereocenters. The summed E-state index contributed by atoms with van der Waals surface area (Å²) in [5.74, 6) is 0.811. The summed E-state index contributed by atoms with van der Waals surface area (Å²) in [6.45, 7) is 0.101. The van der Waals surface area contributed by atoms with Crippen LogP contribution >= 0.6 is 0 Å². The summed E-state index contributed by atoms with van der Waals surface area (Å²) in [5.41, 5.74) is 2.34. The van der Waals surface area contributed by atoms with Gasteiger partial charge >= 0.3 is 0 Å². The highest BCUT2D eigenvalue weighted by atomic mass is 16.5. The van der Waals surface area contributed by atoms with Crippen LogP contribution in [0.3, 0.4) is 0 Å². The van der Waals surface area contributed by atoms with Crippen molar-refractivity contribution in [3.63, 3.8) is 0 Å². The number of hydrogen-bond acceptors (Lipinski definition) is 5. The Bertz CT molecular complexity index is 1340. The topological polar surface area (TPSA) is 73.8 Å². The third kappa shape index (κ3) is 3.21. The third-order valence-electron chi connectivity index (χ3n) is 4.70. The quantitative estimate of drug-likeness (QED) is 0.468. The van der Waals surface area contributed by atoms with Gasteiger partial charge in [-0.15, -0.1) is 0 Å². The molecular formula is C23H16N4O2. The molecule has 0 N–H and O–H groups in total. The Labute approximate surface area is 166 Å². The van der Waals surface area contributed by atoms with E-state index in [-0.39, 0.29) is 12.1 Å². The van der Waals surface area contributed by atoms with Crippen molar-refractivity contribution in [3.8, 4) is 22.6 Å². The summed E-state index contributed by atoms with van der Waals surface area (Å²) < 4.78 is 6.76. The predicted octanol–water partition coefficient (Wildman–Crippen LogP) is 4.16. The van der Waals surface area contributed by atoms with Crippen LogP contribution in [-0.2, 0) is 6.54 Å². The second kappa shape index (κ2) is 7.16. The van der Waals surface area contributed by atoms with E-state index in [1.807, 2.05) is 84.9 Å². The molecule has 0 saturated carbocycles. The van der Waals surface area contributed by atoms with Gasteiger partial charge in [0.15, 0.2) is 0 Å². The van der Waals surface area contributed by atoms with Crippen LogP contribution in [0.4, 0.5) is 0 Å². The van der Waals surface area contributed by atoms with Crippen molar-refractivity contribution in [1.82, 2.24) is 19.9 Å². The molecule has 0 bridgehead atoms. The zero-order valence-corrected chi connectivity index (χ0v) is 15.4. The second-order valence-electron chi connectivity index (χ2n) is 6.60. The minimum absolute atomic E-state index is 0.101. The number of hydrogen-bond donors (Lipinski definition) is 0. The molecule has 0 amide bonds. The zero-order valence-electron chi connectivity index (χ0n) is 15.4. The van der Waals surface area contributed by atoms with Crippen LogP contribution in [0.1, 0.15) is 5.89 Å². The first-order valence-electron chi connectivity index (χ1n) is 9.23. The van der Waals surface area contributed by atoms with Crippen LogP contribution in [0.2, 0.25) is 0 Å². The first kappa shape index (κ1) is 17.1. The van der Waals surface area contributed by atoms with Crippen molar-refractivity contribution in [2.45, 2.75) is 6.54 Å². The standard InChI is InChI=1S/C23H16N4O2/c28-23-19-14-8-7-13-18(19)21(16-9-3-1-4-10-16)25-27(23)15-20-24-22(26-29-20)17-11-5-2-6-12-17/h1-14H,15H2. The zero-order chi connectivity index (χ0) is 19.6. The van der Waals surface area contributed by atoms with Crippen molar-refractivity contribution < 1.29 is 4.52 Å². The van der Waals surface area contributed by atoms with E-state index >= 15 is 0 Å². The molecule has 5 rings (SSSR count). The summed E-state index contributed by atoms with van der Waals surface area (Å²) >= 11 is 0. The minimum atomic E-state index is -0.195. The van der Waals surface area contributed by atoms with Crippen molar-refractivity contribution in [3.05, 3.63) is 101 Å². The maximum absolute atomic E-state index is 13.0. The molecule has 0 spiro atoms. The van der Waals surface area contributed by atoms with E-state index in [0.717, 1.165) is 22.2 Å². The lowest BCUT2D eigenvalue weighted by Crippen LogP contribution is -2.24. The molecule has 6 nitrogen and oxygen atoms in total. The number of fused-ring (bicyclic) bond motifs is 1. The summed E-state index contributed by atoms with van der Waals surface area (Å²) in [4.78, 5) is 17.4. The molecule has 0 unspecified atom stereocenters. The van der Waals surface area contributed by atoms with Crippen LogP contribution in [0.25, 0.3) is 33.4 Å². The van der Waals surface area contributed by atoms with Crippen LogP contribution < -0.4 is 5.56 Å². The Morgan fingerprint density at radius 3 is 2.10 bits per heavy atom. The fourth-order valence-electron chi connectivity index (χ4n) is 3.30. The van der Waals surface area contributed by atoms with Gasteiger partial charge in [-0.1, -0.05) is 84.0 Å². The van der Waals surface area contributed by atoms with Gasteiger partial charge < -0.3 is 4.52 Å². The Morgan fingerprint density at radius 1 is 0.759 bits per heavy atom. The molecule has 0 fully saturated rings. The largest absolute Gasteiger partial charge is 0.337 e. The lowest BCUT2D eigenvalue weighted by Gasteiger charge is -2.09. The summed E-state index contributed by atoms with van der Waals surface area (Å²) in [6.07, 6.45) is 0. The van der Waals surface area contributed by atoms with Crippen molar-refractivity contribution in [2.24, 2.45) is 0 Å². The first-order valence-corrected chi connectivity index (χ1v) is 9.23. The van der Waals surface area contributed by atoms with Gasteiger partial charge in [0.2, 0.25) is 11.7 Å². The van der Waals surface area contributed by atoms with E-state index in [0.29, 0.717) is 17.1 Å². The monoisotopic (exact) mass is 380 g/mol. The van der Waals surface area contributed by atoms with Gasteiger partial charge in [-0.25, -0.2) is 4.68 Å². The van der Waals surface area contributed by atoms with E-state index in [2.05, 4.69) is 15.2 Å². The molecule has 2 aromatic heterocycles. The maximum atomic E-state index is 13.0. The van der Waals surface area contributed by atoms with Gasteiger partial charge in [0.25, 0.3) is 5.56 Å². The van der Waals surface area contributed by atoms with Crippen LogP contribution in [0.15, 0.2) is 94.2 Å². The fraction of sp³-hybridized carbons (Fsp3) is 0.0435. The Morgan fingerprint density at radius 2 is 1.38 bits per heavy atom. The molecule has 140 valence electrons. The average molecular weight is 380 g/mol. The SMILES string of the molecule is O=c1c2ccccc2c(-c2ccccc2)nn1Cc1nc(-c2ccccc2)no1. The van der Waals surface area contributed by atoms with Gasteiger partial charge in [-0.3, -0.25) is 4.79 Å². The molecule has 29 heavy (non-hydrogen) atoms. The summed E-state index contributed by atoms with van der Waals surface area (Å²) in [6, 6.07) is 26.8. The van der Waals surface area contributed by atoms with Gasteiger partial charge in [-0.05, 0) is 6.07 Å². The lowest BCUT2D eigenvalue weighted by molar-refractivity contribution is 0.364. The molecule has 2 heterocycles. The number of rotatable bonds is 4. The van der Waals surface area contributed by atoms with Crippen LogP contribution in [0, 0.1) is 0 Å². The summed E-state index contributed by atoms with van der Waals surface area (Å²) in [5, 5.41) is 10.1. The predicted molar refractivity (Wildman–Crippen MR) is 110 cm³/mol. The Hall–Kier alpha value is -4.06. The Kier molecular flexibility index (Phi) is 4.22. The van der Waals surface area contributed by atoms with Crippen molar-refractivity contribution >= 4 is 10.8 Å². The van der Waals surface area contributed by atoms with E-state index in [9.17, 15) is 4.79 Å². The fourth-order valence-corrected chi connectivity index (χ4v) is 3.30. The van der Waals surface area contributed by atoms with Crippen LogP contribution in [0.5, 0.6) is 0 Å². The van der Waals surface area contributed by atoms with Gasteiger partial charge in [0.05, 0.1) is 11.1 Å². The molecule has 3 aromatic carbocycles. The van der Waals surface area contributed by atoms with Crippen molar-refractivity contribution in [2.75, 3.05) is 0 Å². The molecule has 5 aromatic rings. The Balaban J connectivity index is 1.60. The highest BCUT2D eigenvalue weighted by Crippen LogP contribution is 2.24. The van der Waals surface area contributed by atoms with E-state index in [1.165, 1.54) is 4.68 Å². The van der Waals surface area contributed by atoms with E-state index in [1.54, 1.807) is 0 Å². The molecule has 6 heteroatoms. The van der Waals surface area contributed by atoms with Crippen molar-refractivity contribution in [1.29, 1.82) is 0 Å². The first-order chi connectivity index (χ1) is 14.3. The molecule has 0 radical (unpaired) electrons. The molecule has 0 aliphatic heterocycles. The molecule has 0 saturated heterocycles. The smallest absolute Gasteiger partial charge is 0.275 e. The maximum Gasteiger partial charge on any atom is 0.275 e. The number of benzene rings is 3. The summed E-state index contributed by atoms with van der Waals surface area (Å²) in [7, 11) is 0. The van der Waals surface area contributed by atoms with E-state index < -0.39 is 0 Å². The molecule has 0 aliphatic carbocycles. The normalized spacial score (nSPS) is 11.0. The van der Waals surface area contributed by atoms with Gasteiger partial charge in [-0.2, -0.15) is 10.1 Å². The highest BCUT2D eigenvalue weighted by molar-refractivity contribution is 5.93. The van der Waals surface area contributed by atoms with Crippen LogP contribution in [-0.4, -0.2) is 19.9 Å². The minimum Gasteiger partial charge on any atom is -0.337 e. The van der Waals surface area contributed by atoms with Gasteiger partial charge in [0, 0.05) is 16.5 Å². The third-order valence-corrected chi connectivity index (χ3v) is 4.70. The number of aromatic nitrogens is 4. The van der Waals surface area contributed by atoms with E-state index in [4.69, 9.17) is 4.52 Å². The average Bonchev–Trinajstić information content (AvgIpc) is 3.26. The molecular weight excluding hydrogens is 364 g/mol. The molecule has 0 aliphatic rings.